The summed E-state index contributed by atoms with van der Waals surface area (Å²) in [5.74, 6) is -0.566. The molecule has 0 saturated carbocycles. The first-order valence-electron chi connectivity index (χ1n) is 6.47. The molecule has 0 aliphatic carbocycles. The second-order valence-corrected chi connectivity index (χ2v) is 6.15. The predicted molar refractivity (Wildman–Crippen MR) is 80.8 cm³/mol. The molecule has 0 unspecified atom stereocenters. The van der Waals surface area contributed by atoms with Gasteiger partial charge in [0.2, 0.25) is 15.9 Å². The number of anilines is 1. The first kappa shape index (κ1) is 15.9. The van der Waals surface area contributed by atoms with Crippen LogP contribution in [0.4, 0.5) is 5.82 Å². The van der Waals surface area contributed by atoms with Crippen LogP contribution in [0, 0.1) is 0 Å². The van der Waals surface area contributed by atoms with Crippen molar-refractivity contribution in [3.05, 3.63) is 48.7 Å². The van der Waals surface area contributed by atoms with Crippen LogP contribution in [0.25, 0.3) is 0 Å². The van der Waals surface area contributed by atoms with E-state index < -0.39 is 15.9 Å². The molecule has 0 spiro atoms. The lowest BCUT2D eigenvalue weighted by Crippen LogP contribution is -2.27. The zero-order valence-corrected chi connectivity index (χ0v) is 12.4. The fourth-order valence-corrected chi connectivity index (χ4v) is 2.72. The second-order valence-electron chi connectivity index (χ2n) is 4.38. The zero-order chi connectivity index (χ0) is 16.0. The Kier molecular flexibility index (Phi) is 5.08. The quantitative estimate of drug-likeness (QED) is 0.738. The smallest absolute Gasteiger partial charge is 0.240 e. The highest BCUT2D eigenvalue weighted by Crippen LogP contribution is 2.18. The van der Waals surface area contributed by atoms with Crippen molar-refractivity contribution in [1.82, 2.24) is 9.71 Å². The molecule has 0 saturated heterocycles. The fourth-order valence-electron chi connectivity index (χ4n) is 1.67. The Bertz CT molecular complexity index is 748. The summed E-state index contributed by atoms with van der Waals surface area (Å²) in [7, 11) is -3.63. The van der Waals surface area contributed by atoms with Crippen molar-refractivity contribution in [2.75, 3.05) is 11.9 Å². The Morgan fingerprint density at radius 2 is 1.86 bits per heavy atom. The Labute approximate surface area is 128 Å². The number of sulfonamides is 1. The van der Waals surface area contributed by atoms with Crippen LogP contribution in [0.15, 0.2) is 53.6 Å². The van der Waals surface area contributed by atoms with E-state index in [4.69, 9.17) is 0 Å². The van der Waals surface area contributed by atoms with Gasteiger partial charge >= 0.3 is 0 Å². The zero-order valence-electron chi connectivity index (χ0n) is 11.6. The number of amides is 1. The number of nitrogens with one attached hydrogen (secondary N) is 2. The number of carbonyl (C=O) groups is 1. The molecule has 22 heavy (non-hydrogen) atoms. The third-order valence-corrected chi connectivity index (χ3v) is 4.22. The van der Waals surface area contributed by atoms with E-state index in [-0.39, 0.29) is 29.4 Å². The number of aromatic hydroxyl groups is 1. The molecule has 8 heteroatoms. The van der Waals surface area contributed by atoms with Crippen molar-refractivity contribution in [3.63, 3.8) is 0 Å². The average Bonchev–Trinajstić information content (AvgIpc) is 2.50. The van der Waals surface area contributed by atoms with Gasteiger partial charge in [0.25, 0.3) is 0 Å². The van der Waals surface area contributed by atoms with Crippen LogP contribution in [0.5, 0.6) is 5.75 Å². The molecule has 3 N–H and O–H groups in total. The monoisotopic (exact) mass is 321 g/mol. The summed E-state index contributed by atoms with van der Waals surface area (Å²) in [4.78, 5) is 15.6. The molecule has 0 atom stereocenters. The van der Waals surface area contributed by atoms with Gasteiger partial charge in [-0.05, 0) is 24.3 Å². The molecule has 1 aromatic heterocycles. The lowest BCUT2D eigenvalue weighted by Gasteiger charge is -2.08. The van der Waals surface area contributed by atoms with E-state index in [1.165, 1.54) is 30.5 Å². The van der Waals surface area contributed by atoms with Crippen LogP contribution in [0.2, 0.25) is 0 Å². The summed E-state index contributed by atoms with van der Waals surface area (Å²) in [5, 5.41) is 11.9. The standard InChI is InChI=1S/C14H15N3O4S/c18-12-7-4-9-15-14(12)17-13(19)8-10-16-22(20,21)11-5-2-1-3-6-11/h1-7,9,16,18H,8,10H2,(H,15,17,19). The fraction of sp³-hybridized carbons (Fsp3) is 0.143. The van der Waals surface area contributed by atoms with Gasteiger partial charge in [0.1, 0.15) is 0 Å². The van der Waals surface area contributed by atoms with Gasteiger partial charge in [-0.2, -0.15) is 0 Å². The SMILES string of the molecule is O=C(CCNS(=O)(=O)c1ccccc1)Nc1ncccc1O. The molecule has 1 aromatic carbocycles. The van der Waals surface area contributed by atoms with E-state index in [2.05, 4.69) is 15.0 Å². The summed E-state index contributed by atoms with van der Waals surface area (Å²) in [6.07, 6.45) is 1.34. The summed E-state index contributed by atoms with van der Waals surface area (Å²) < 4.78 is 26.2. The van der Waals surface area contributed by atoms with Crippen LogP contribution >= 0.6 is 0 Å². The van der Waals surface area contributed by atoms with Crippen LogP contribution in [-0.2, 0) is 14.8 Å². The molecule has 0 aliphatic rings. The lowest BCUT2D eigenvalue weighted by atomic mass is 10.4. The molecule has 116 valence electrons. The molecular formula is C14H15N3O4S. The minimum absolute atomic E-state index is 0.0402. The number of hydrogen-bond donors (Lipinski definition) is 3. The molecule has 2 rings (SSSR count). The summed E-state index contributed by atoms with van der Waals surface area (Å²) >= 11 is 0. The first-order valence-corrected chi connectivity index (χ1v) is 7.96. The van der Waals surface area contributed by atoms with Crippen LogP contribution < -0.4 is 10.0 Å². The molecule has 1 amide bonds. The normalized spacial score (nSPS) is 11.1. The third kappa shape index (κ3) is 4.27. The maximum absolute atomic E-state index is 11.9. The van der Waals surface area contributed by atoms with Gasteiger partial charge in [0, 0.05) is 19.2 Å². The summed E-state index contributed by atoms with van der Waals surface area (Å²) in [6.45, 7) is -0.0589. The van der Waals surface area contributed by atoms with Crippen LogP contribution in [0.1, 0.15) is 6.42 Å². The lowest BCUT2D eigenvalue weighted by molar-refractivity contribution is -0.116. The molecule has 0 aliphatic heterocycles. The molecule has 1 heterocycles. The van der Waals surface area contributed by atoms with Gasteiger partial charge in [0.15, 0.2) is 11.6 Å². The number of carbonyl (C=O) groups excluding carboxylic acids is 1. The molecule has 0 fully saturated rings. The van der Waals surface area contributed by atoms with Crippen LogP contribution in [-0.4, -0.2) is 31.0 Å². The Morgan fingerprint density at radius 3 is 2.55 bits per heavy atom. The minimum Gasteiger partial charge on any atom is -0.504 e. The molecule has 7 nitrogen and oxygen atoms in total. The van der Waals surface area contributed by atoms with Crippen molar-refractivity contribution in [2.45, 2.75) is 11.3 Å². The van der Waals surface area contributed by atoms with E-state index in [0.717, 1.165) is 0 Å². The number of pyridine rings is 1. The average molecular weight is 321 g/mol. The van der Waals surface area contributed by atoms with E-state index in [1.54, 1.807) is 18.2 Å². The van der Waals surface area contributed by atoms with E-state index >= 15 is 0 Å². The largest absolute Gasteiger partial charge is 0.504 e. The summed E-state index contributed by atoms with van der Waals surface area (Å²) in [5.41, 5.74) is 0. The van der Waals surface area contributed by atoms with Crippen molar-refractivity contribution in [3.8, 4) is 5.75 Å². The highest BCUT2D eigenvalue weighted by Gasteiger charge is 2.14. The maximum Gasteiger partial charge on any atom is 0.240 e. The predicted octanol–water partition coefficient (Wildman–Crippen LogP) is 1.09. The molecule has 0 bridgehead atoms. The molecular weight excluding hydrogens is 306 g/mol. The highest BCUT2D eigenvalue weighted by molar-refractivity contribution is 7.89. The molecule has 0 radical (unpaired) electrons. The van der Waals surface area contributed by atoms with E-state index in [0.29, 0.717) is 0 Å². The van der Waals surface area contributed by atoms with Gasteiger partial charge in [-0.15, -0.1) is 0 Å². The third-order valence-electron chi connectivity index (χ3n) is 2.74. The van der Waals surface area contributed by atoms with E-state index in [9.17, 15) is 18.3 Å². The van der Waals surface area contributed by atoms with Crippen molar-refractivity contribution in [1.29, 1.82) is 0 Å². The second kappa shape index (κ2) is 7.01. The van der Waals surface area contributed by atoms with Crippen LogP contribution in [0.3, 0.4) is 0 Å². The first-order chi connectivity index (χ1) is 10.5. The Morgan fingerprint density at radius 1 is 1.14 bits per heavy atom. The number of hydrogen-bond acceptors (Lipinski definition) is 5. The maximum atomic E-state index is 11.9. The number of benzene rings is 1. The van der Waals surface area contributed by atoms with Gasteiger partial charge in [0.05, 0.1) is 4.90 Å². The number of nitrogens with zero attached hydrogens (tertiary/aromatic N) is 1. The number of rotatable bonds is 6. The minimum atomic E-state index is -3.63. The van der Waals surface area contributed by atoms with Gasteiger partial charge in [-0.3, -0.25) is 4.79 Å². The van der Waals surface area contributed by atoms with E-state index in [1.807, 2.05) is 0 Å². The highest BCUT2D eigenvalue weighted by atomic mass is 32.2. The molecule has 2 aromatic rings. The Balaban J connectivity index is 1.86. The topological polar surface area (TPSA) is 108 Å². The van der Waals surface area contributed by atoms with Gasteiger partial charge in [-0.25, -0.2) is 18.1 Å². The Hall–Kier alpha value is -2.45. The van der Waals surface area contributed by atoms with Crippen molar-refractivity contribution < 1.29 is 18.3 Å². The van der Waals surface area contributed by atoms with Crippen molar-refractivity contribution >= 4 is 21.7 Å². The van der Waals surface area contributed by atoms with Crippen molar-refractivity contribution in [2.24, 2.45) is 0 Å². The number of aromatic nitrogens is 1. The van der Waals surface area contributed by atoms with Gasteiger partial charge in [-0.1, -0.05) is 18.2 Å². The van der Waals surface area contributed by atoms with Gasteiger partial charge < -0.3 is 10.4 Å². The summed E-state index contributed by atoms with van der Waals surface area (Å²) in [6, 6.07) is 10.8.